The van der Waals surface area contributed by atoms with E-state index in [1.165, 1.54) is 0 Å². The maximum atomic E-state index is 12.6. The van der Waals surface area contributed by atoms with Gasteiger partial charge in [-0.3, -0.25) is 4.79 Å². The van der Waals surface area contributed by atoms with Crippen molar-refractivity contribution in [2.24, 2.45) is 5.92 Å². The van der Waals surface area contributed by atoms with E-state index in [1.54, 1.807) is 0 Å². The Balaban J connectivity index is 1.85. The summed E-state index contributed by atoms with van der Waals surface area (Å²) in [6, 6.07) is 5.60. The molecule has 0 unspecified atom stereocenters. The summed E-state index contributed by atoms with van der Waals surface area (Å²) in [6.45, 7) is 1.93. The fraction of sp³-hybridized carbons (Fsp3) is 0.562. The van der Waals surface area contributed by atoms with Crippen LogP contribution in [0.1, 0.15) is 36.8 Å². The number of benzene rings is 1. The molecule has 0 atom stereocenters. The summed E-state index contributed by atoms with van der Waals surface area (Å²) in [5.41, 5.74) is 1.95. The average Bonchev–Trinajstić information content (AvgIpc) is 2.42. The molecule has 1 amide bonds. The zero-order chi connectivity index (χ0) is 16.3. The van der Waals surface area contributed by atoms with Gasteiger partial charge in [0.1, 0.15) is 0 Å². The van der Waals surface area contributed by atoms with Crippen molar-refractivity contribution in [1.82, 2.24) is 5.32 Å². The summed E-state index contributed by atoms with van der Waals surface area (Å²) < 4.78 is 38.7. The third-order valence-corrected chi connectivity index (χ3v) is 4.71. The largest absolute Gasteiger partial charge is 0.391 e. The van der Waals surface area contributed by atoms with E-state index in [4.69, 9.17) is 0 Å². The van der Waals surface area contributed by atoms with Gasteiger partial charge >= 0.3 is 6.18 Å². The Morgan fingerprint density at radius 2 is 1.91 bits per heavy atom. The Labute approximate surface area is 136 Å². The van der Waals surface area contributed by atoms with Crippen LogP contribution in [0.5, 0.6) is 0 Å². The maximum Gasteiger partial charge on any atom is 0.391 e. The number of carbonyl (C=O) groups excluding carboxylic acids is 1. The van der Waals surface area contributed by atoms with Crippen molar-refractivity contribution in [1.29, 1.82) is 0 Å². The Hall–Kier alpha value is -1.04. The van der Waals surface area contributed by atoms with Crippen LogP contribution in [0.15, 0.2) is 22.7 Å². The van der Waals surface area contributed by atoms with Gasteiger partial charge < -0.3 is 5.32 Å². The molecule has 1 aromatic rings. The molecule has 1 saturated carbocycles. The summed E-state index contributed by atoms with van der Waals surface area (Å²) in [5.74, 6) is -1.34. The lowest BCUT2D eigenvalue weighted by molar-refractivity contribution is -0.182. The Bertz CT molecular complexity index is 537. The van der Waals surface area contributed by atoms with Crippen LogP contribution >= 0.6 is 15.9 Å². The number of hydrogen-bond acceptors (Lipinski definition) is 1. The van der Waals surface area contributed by atoms with Gasteiger partial charge in [0.15, 0.2) is 0 Å². The van der Waals surface area contributed by atoms with Crippen LogP contribution in [0.4, 0.5) is 13.2 Å². The third-order valence-electron chi connectivity index (χ3n) is 4.22. The van der Waals surface area contributed by atoms with E-state index in [0.717, 1.165) is 15.6 Å². The smallest absolute Gasteiger partial charge is 0.353 e. The van der Waals surface area contributed by atoms with E-state index in [0.29, 0.717) is 12.8 Å². The van der Waals surface area contributed by atoms with Crippen molar-refractivity contribution >= 4 is 21.8 Å². The van der Waals surface area contributed by atoms with E-state index < -0.39 is 12.1 Å². The number of halogens is 4. The normalized spacial score (nSPS) is 22.4. The van der Waals surface area contributed by atoms with Crippen molar-refractivity contribution in [3.05, 3.63) is 33.8 Å². The minimum absolute atomic E-state index is 0.102. The summed E-state index contributed by atoms with van der Waals surface area (Å²) >= 11 is 3.37. The molecule has 6 heteroatoms. The van der Waals surface area contributed by atoms with Crippen molar-refractivity contribution in [3.8, 4) is 0 Å². The first kappa shape index (κ1) is 17.3. The molecular weight excluding hydrogens is 359 g/mol. The molecule has 1 N–H and O–H groups in total. The number of amides is 1. The monoisotopic (exact) mass is 377 g/mol. The third kappa shape index (κ3) is 4.73. The zero-order valence-electron chi connectivity index (χ0n) is 12.3. The fourth-order valence-corrected chi connectivity index (χ4v) is 3.26. The highest BCUT2D eigenvalue weighted by molar-refractivity contribution is 9.10. The van der Waals surface area contributed by atoms with Crippen LogP contribution in [0.2, 0.25) is 0 Å². The number of aryl methyl sites for hydroxylation is 1. The van der Waals surface area contributed by atoms with Gasteiger partial charge in [0.2, 0.25) is 5.91 Å². The molecule has 2 rings (SSSR count). The van der Waals surface area contributed by atoms with Gasteiger partial charge in [0.25, 0.3) is 0 Å². The van der Waals surface area contributed by atoms with E-state index >= 15 is 0 Å². The summed E-state index contributed by atoms with van der Waals surface area (Å²) in [4.78, 5) is 12.1. The Morgan fingerprint density at radius 1 is 1.27 bits per heavy atom. The van der Waals surface area contributed by atoms with Crippen LogP contribution in [0.3, 0.4) is 0 Å². The van der Waals surface area contributed by atoms with E-state index in [9.17, 15) is 18.0 Å². The molecule has 2 nitrogen and oxygen atoms in total. The van der Waals surface area contributed by atoms with E-state index in [2.05, 4.69) is 21.2 Å². The molecule has 1 fully saturated rings. The predicted molar refractivity (Wildman–Crippen MR) is 82.5 cm³/mol. The molecule has 0 aromatic heterocycles. The molecule has 1 aromatic carbocycles. The summed E-state index contributed by atoms with van der Waals surface area (Å²) in [7, 11) is 0. The van der Waals surface area contributed by atoms with Crippen molar-refractivity contribution in [2.75, 3.05) is 0 Å². The Kier molecular flexibility index (Phi) is 5.53. The molecule has 0 saturated heterocycles. The Morgan fingerprint density at radius 3 is 2.50 bits per heavy atom. The van der Waals surface area contributed by atoms with Gasteiger partial charge in [-0.25, -0.2) is 0 Å². The highest BCUT2D eigenvalue weighted by Crippen LogP contribution is 2.37. The first-order valence-electron chi connectivity index (χ1n) is 7.37. The highest BCUT2D eigenvalue weighted by Gasteiger charge is 2.41. The lowest BCUT2D eigenvalue weighted by atomic mass is 9.85. The van der Waals surface area contributed by atoms with Crippen LogP contribution in [0.25, 0.3) is 0 Å². The second-order valence-electron chi connectivity index (χ2n) is 5.91. The van der Waals surface area contributed by atoms with Crippen LogP contribution < -0.4 is 5.32 Å². The highest BCUT2D eigenvalue weighted by atomic mass is 79.9. The topological polar surface area (TPSA) is 29.1 Å². The summed E-state index contributed by atoms with van der Waals surface area (Å²) in [5, 5.41) is 2.86. The number of carbonyl (C=O) groups is 1. The molecule has 0 heterocycles. The molecule has 1 aliphatic rings. The van der Waals surface area contributed by atoms with Crippen LogP contribution in [-0.2, 0) is 11.2 Å². The lowest BCUT2D eigenvalue weighted by Gasteiger charge is -2.30. The second kappa shape index (κ2) is 7.02. The number of hydrogen-bond donors (Lipinski definition) is 1. The number of alkyl halides is 3. The van der Waals surface area contributed by atoms with Gasteiger partial charge in [-0.2, -0.15) is 13.2 Å². The van der Waals surface area contributed by atoms with Crippen LogP contribution in [-0.4, -0.2) is 18.1 Å². The fourth-order valence-electron chi connectivity index (χ4n) is 2.85. The molecule has 122 valence electrons. The van der Waals surface area contributed by atoms with Gasteiger partial charge in [0, 0.05) is 10.5 Å². The van der Waals surface area contributed by atoms with Gasteiger partial charge in [-0.1, -0.05) is 22.0 Å². The minimum atomic E-state index is -4.11. The van der Waals surface area contributed by atoms with Gasteiger partial charge in [-0.05, 0) is 55.9 Å². The number of nitrogens with one attached hydrogen (secondary N) is 1. The first-order chi connectivity index (χ1) is 10.3. The molecule has 22 heavy (non-hydrogen) atoms. The van der Waals surface area contributed by atoms with E-state index in [-0.39, 0.29) is 31.2 Å². The van der Waals surface area contributed by atoms with Crippen molar-refractivity contribution < 1.29 is 18.0 Å². The zero-order valence-corrected chi connectivity index (χ0v) is 13.9. The van der Waals surface area contributed by atoms with E-state index in [1.807, 2.05) is 25.1 Å². The average molecular weight is 378 g/mol. The van der Waals surface area contributed by atoms with Gasteiger partial charge in [-0.15, -0.1) is 0 Å². The second-order valence-corrected chi connectivity index (χ2v) is 6.82. The summed E-state index contributed by atoms with van der Waals surface area (Å²) in [6.07, 6.45) is -2.86. The predicted octanol–water partition coefficient (Wildman–Crippen LogP) is 4.54. The quantitative estimate of drug-likeness (QED) is 0.822. The lowest BCUT2D eigenvalue weighted by Crippen LogP contribution is -2.40. The SMILES string of the molecule is Cc1ccc(Br)cc1CC(=O)NC1CCC(C(F)(F)F)CC1. The molecule has 1 aliphatic carbocycles. The molecular formula is C16H19BrF3NO. The molecule has 0 aliphatic heterocycles. The van der Waals surface area contributed by atoms with Crippen molar-refractivity contribution in [2.45, 2.75) is 51.2 Å². The maximum absolute atomic E-state index is 12.6. The van der Waals surface area contributed by atoms with Crippen molar-refractivity contribution in [3.63, 3.8) is 0 Å². The minimum Gasteiger partial charge on any atom is -0.353 e. The van der Waals surface area contributed by atoms with Crippen LogP contribution in [0, 0.1) is 12.8 Å². The first-order valence-corrected chi connectivity index (χ1v) is 8.16. The number of rotatable bonds is 3. The molecule has 0 bridgehead atoms. The molecule has 0 radical (unpaired) electrons. The van der Waals surface area contributed by atoms with Gasteiger partial charge in [0.05, 0.1) is 12.3 Å². The molecule has 0 spiro atoms. The standard InChI is InChI=1S/C16H19BrF3NO/c1-10-2-5-13(17)8-11(10)9-15(22)21-14-6-3-12(4-7-14)16(18,19)20/h2,5,8,12,14H,3-4,6-7,9H2,1H3,(H,21,22).